The van der Waals surface area contributed by atoms with Crippen molar-refractivity contribution < 1.29 is 9.53 Å². The molecule has 25 heavy (non-hydrogen) atoms. The van der Waals surface area contributed by atoms with Crippen molar-refractivity contribution in [2.45, 2.75) is 25.9 Å². The summed E-state index contributed by atoms with van der Waals surface area (Å²) < 4.78 is 5.56. The van der Waals surface area contributed by atoms with Gasteiger partial charge in [-0.15, -0.1) is 16.4 Å². The SMILES string of the molecule is Cc1nc(-c2ccccc2)sc1C(=O)Nc1n[nH]c(C2CCCO2)n1. The Bertz CT molecular complexity index is 884. The van der Waals surface area contributed by atoms with Crippen LogP contribution in [-0.2, 0) is 4.74 Å². The number of carbonyl (C=O) groups excluding carboxylic acids is 1. The fourth-order valence-electron chi connectivity index (χ4n) is 2.74. The van der Waals surface area contributed by atoms with Crippen molar-refractivity contribution in [3.8, 4) is 10.6 Å². The van der Waals surface area contributed by atoms with Crippen LogP contribution in [-0.4, -0.2) is 32.7 Å². The van der Waals surface area contributed by atoms with E-state index in [9.17, 15) is 4.79 Å². The Morgan fingerprint density at radius 1 is 1.32 bits per heavy atom. The number of hydrogen-bond acceptors (Lipinski definition) is 6. The summed E-state index contributed by atoms with van der Waals surface area (Å²) in [5.74, 6) is 0.651. The maximum Gasteiger partial charge on any atom is 0.270 e. The van der Waals surface area contributed by atoms with Gasteiger partial charge in [-0.05, 0) is 19.8 Å². The van der Waals surface area contributed by atoms with Crippen LogP contribution in [0.25, 0.3) is 10.6 Å². The van der Waals surface area contributed by atoms with Crippen molar-refractivity contribution >= 4 is 23.2 Å². The number of benzene rings is 1. The van der Waals surface area contributed by atoms with Crippen molar-refractivity contribution in [3.63, 3.8) is 0 Å². The van der Waals surface area contributed by atoms with Crippen LogP contribution in [0.3, 0.4) is 0 Å². The first-order valence-corrected chi connectivity index (χ1v) is 8.90. The van der Waals surface area contributed by atoms with Crippen LogP contribution in [0, 0.1) is 6.92 Å². The quantitative estimate of drug-likeness (QED) is 0.749. The monoisotopic (exact) mass is 355 g/mol. The summed E-state index contributed by atoms with van der Waals surface area (Å²) in [5, 5.41) is 10.4. The minimum absolute atomic E-state index is 0.0621. The molecule has 2 N–H and O–H groups in total. The number of nitrogens with one attached hydrogen (secondary N) is 2. The van der Waals surface area contributed by atoms with Gasteiger partial charge in [0.15, 0.2) is 5.82 Å². The predicted molar refractivity (Wildman–Crippen MR) is 94.5 cm³/mol. The molecule has 0 saturated carbocycles. The molecule has 2 aromatic heterocycles. The third-order valence-electron chi connectivity index (χ3n) is 3.99. The van der Waals surface area contributed by atoms with Crippen LogP contribution in [0.2, 0.25) is 0 Å². The van der Waals surface area contributed by atoms with E-state index in [1.54, 1.807) is 0 Å². The molecule has 0 bridgehead atoms. The van der Waals surface area contributed by atoms with Gasteiger partial charge in [-0.2, -0.15) is 4.98 Å². The minimum atomic E-state index is -0.255. The number of aromatic nitrogens is 4. The van der Waals surface area contributed by atoms with E-state index < -0.39 is 0 Å². The first kappa shape index (κ1) is 15.9. The molecule has 1 amide bonds. The second-order valence-electron chi connectivity index (χ2n) is 5.80. The summed E-state index contributed by atoms with van der Waals surface area (Å²) in [5.41, 5.74) is 1.68. The summed E-state index contributed by atoms with van der Waals surface area (Å²) >= 11 is 1.36. The highest BCUT2D eigenvalue weighted by molar-refractivity contribution is 7.17. The lowest BCUT2D eigenvalue weighted by molar-refractivity contribution is 0.102. The first-order chi connectivity index (χ1) is 12.2. The second kappa shape index (κ2) is 6.73. The number of anilines is 1. The van der Waals surface area contributed by atoms with Gasteiger partial charge < -0.3 is 4.74 Å². The van der Waals surface area contributed by atoms with Gasteiger partial charge in [-0.1, -0.05) is 30.3 Å². The van der Waals surface area contributed by atoms with E-state index in [-0.39, 0.29) is 18.0 Å². The number of amides is 1. The van der Waals surface area contributed by atoms with Crippen LogP contribution < -0.4 is 5.32 Å². The number of carbonyl (C=O) groups is 1. The lowest BCUT2D eigenvalue weighted by atomic mass is 10.2. The molecule has 8 heteroatoms. The fourth-order valence-corrected chi connectivity index (χ4v) is 3.70. The molecule has 1 aromatic carbocycles. The van der Waals surface area contributed by atoms with Gasteiger partial charge in [0.05, 0.1) is 5.69 Å². The third-order valence-corrected chi connectivity index (χ3v) is 5.19. The molecule has 7 nitrogen and oxygen atoms in total. The summed E-state index contributed by atoms with van der Waals surface area (Å²) in [6.07, 6.45) is 1.86. The van der Waals surface area contributed by atoms with Crippen LogP contribution in [0.15, 0.2) is 30.3 Å². The smallest absolute Gasteiger partial charge is 0.270 e. The largest absolute Gasteiger partial charge is 0.370 e. The number of nitrogens with zero attached hydrogens (tertiary/aromatic N) is 3. The molecular formula is C17H17N5O2S. The number of rotatable bonds is 4. The molecule has 1 aliphatic heterocycles. The Kier molecular flexibility index (Phi) is 4.29. The summed E-state index contributed by atoms with van der Waals surface area (Å²) in [7, 11) is 0. The van der Waals surface area contributed by atoms with Crippen LogP contribution >= 0.6 is 11.3 Å². The van der Waals surface area contributed by atoms with Crippen LogP contribution in [0.4, 0.5) is 5.95 Å². The molecule has 0 aliphatic carbocycles. The molecule has 0 spiro atoms. The van der Waals surface area contributed by atoms with Crippen molar-refractivity contribution in [2.24, 2.45) is 0 Å². The third kappa shape index (κ3) is 3.31. The van der Waals surface area contributed by atoms with Crippen molar-refractivity contribution in [3.05, 3.63) is 46.7 Å². The summed E-state index contributed by atoms with van der Waals surface area (Å²) in [6.45, 7) is 2.56. The minimum Gasteiger partial charge on any atom is -0.370 e. The van der Waals surface area contributed by atoms with E-state index in [1.807, 2.05) is 37.3 Å². The van der Waals surface area contributed by atoms with E-state index in [1.165, 1.54) is 11.3 Å². The van der Waals surface area contributed by atoms with E-state index in [0.717, 1.165) is 30.0 Å². The average molecular weight is 355 g/mol. The average Bonchev–Trinajstić information content (AvgIpc) is 3.35. The Labute approximate surface area is 148 Å². The van der Waals surface area contributed by atoms with Gasteiger partial charge in [-0.3, -0.25) is 15.2 Å². The van der Waals surface area contributed by atoms with Gasteiger partial charge in [0.25, 0.3) is 5.91 Å². The van der Waals surface area contributed by atoms with E-state index in [0.29, 0.717) is 16.4 Å². The molecule has 1 unspecified atom stereocenters. The predicted octanol–water partition coefficient (Wildman–Crippen LogP) is 3.34. The second-order valence-corrected chi connectivity index (χ2v) is 6.80. The van der Waals surface area contributed by atoms with E-state index in [2.05, 4.69) is 25.5 Å². The first-order valence-electron chi connectivity index (χ1n) is 8.09. The summed E-state index contributed by atoms with van der Waals surface area (Å²) in [6, 6.07) is 9.80. The molecule has 1 fully saturated rings. The molecule has 128 valence electrons. The zero-order valence-corrected chi connectivity index (χ0v) is 14.5. The normalized spacial score (nSPS) is 16.9. The molecule has 1 saturated heterocycles. The van der Waals surface area contributed by atoms with Crippen molar-refractivity contribution in [2.75, 3.05) is 11.9 Å². The molecule has 3 aromatic rings. The highest BCUT2D eigenvalue weighted by atomic mass is 32.1. The lowest BCUT2D eigenvalue weighted by Gasteiger charge is -2.03. The Morgan fingerprint density at radius 3 is 2.92 bits per heavy atom. The topological polar surface area (TPSA) is 92.8 Å². The molecule has 1 atom stereocenters. The number of hydrogen-bond donors (Lipinski definition) is 2. The van der Waals surface area contributed by atoms with Gasteiger partial charge in [0.1, 0.15) is 16.0 Å². The Balaban J connectivity index is 1.51. The summed E-state index contributed by atoms with van der Waals surface area (Å²) in [4.78, 5) is 21.9. The maximum atomic E-state index is 12.5. The number of aryl methyl sites for hydroxylation is 1. The van der Waals surface area contributed by atoms with Gasteiger partial charge in [-0.25, -0.2) is 4.98 Å². The van der Waals surface area contributed by atoms with Gasteiger partial charge in [0, 0.05) is 12.2 Å². The zero-order valence-electron chi connectivity index (χ0n) is 13.7. The standard InChI is InChI=1S/C17H17N5O2S/c1-10-13(25-16(18-10)11-6-3-2-4-7-11)15(23)20-17-19-14(21-22-17)12-8-5-9-24-12/h2-4,6-7,12H,5,8-9H2,1H3,(H2,19,20,21,22,23). The highest BCUT2D eigenvalue weighted by Gasteiger charge is 2.23. The molecule has 1 aliphatic rings. The van der Waals surface area contributed by atoms with Crippen molar-refractivity contribution in [1.82, 2.24) is 20.2 Å². The zero-order chi connectivity index (χ0) is 17.2. The van der Waals surface area contributed by atoms with E-state index >= 15 is 0 Å². The molecule has 0 radical (unpaired) electrons. The number of aromatic amines is 1. The number of H-pyrrole nitrogens is 1. The van der Waals surface area contributed by atoms with Crippen molar-refractivity contribution in [1.29, 1.82) is 0 Å². The number of ether oxygens (including phenoxy) is 1. The Morgan fingerprint density at radius 2 is 2.16 bits per heavy atom. The molecular weight excluding hydrogens is 338 g/mol. The van der Waals surface area contributed by atoms with Crippen LogP contribution in [0.5, 0.6) is 0 Å². The van der Waals surface area contributed by atoms with Crippen LogP contribution in [0.1, 0.15) is 40.1 Å². The molecule has 4 rings (SSSR count). The van der Waals surface area contributed by atoms with Gasteiger partial charge >= 0.3 is 0 Å². The van der Waals surface area contributed by atoms with E-state index in [4.69, 9.17) is 4.74 Å². The molecule has 3 heterocycles. The van der Waals surface area contributed by atoms with Gasteiger partial charge in [0.2, 0.25) is 5.95 Å². The maximum absolute atomic E-state index is 12.5. The Hall–Kier alpha value is -2.58. The number of thiazole rings is 1. The fraction of sp³-hybridized carbons (Fsp3) is 0.294. The highest BCUT2D eigenvalue weighted by Crippen LogP contribution is 2.29. The lowest BCUT2D eigenvalue weighted by Crippen LogP contribution is -2.12.